The molecule has 0 radical (unpaired) electrons. The molecule has 16 nitrogen and oxygen atoms in total. The zero-order chi connectivity index (χ0) is 39.1. The molecule has 55 heavy (non-hydrogen) atoms. The van der Waals surface area contributed by atoms with Crippen LogP contribution in [0.15, 0.2) is 103 Å². The van der Waals surface area contributed by atoms with Gasteiger partial charge in [-0.2, -0.15) is 4.68 Å². The number of nitrogens with one attached hydrogen (secondary N) is 5. The molecule has 0 aliphatic heterocycles. The quantitative estimate of drug-likeness (QED) is 0.0853. The number of aromatic nitrogens is 5. The number of carbonyl (C=O) groups is 5. The highest BCUT2D eigenvalue weighted by molar-refractivity contribution is 6.40. The normalized spacial score (nSPS) is 11.6. The minimum Gasteiger partial charge on any atom is -0.455 e. The maximum absolute atomic E-state index is 13.8. The number of aromatic amines is 1. The van der Waals surface area contributed by atoms with Crippen molar-refractivity contribution >= 4 is 69.4 Å². The molecule has 5 N–H and O–H groups in total. The van der Waals surface area contributed by atoms with Crippen LogP contribution in [0.3, 0.4) is 0 Å². The maximum atomic E-state index is 13.8. The van der Waals surface area contributed by atoms with Crippen molar-refractivity contribution in [1.29, 1.82) is 0 Å². The number of para-hydroxylation sites is 1. The van der Waals surface area contributed by atoms with Crippen LogP contribution in [-0.2, 0) is 25.5 Å². The van der Waals surface area contributed by atoms with E-state index in [9.17, 15) is 24.0 Å². The minimum atomic E-state index is -1.27. The second-order valence-corrected chi connectivity index (χ2v) is 13.5. The van der Waals surface area contributed by atoms with Crippen LogP contribution in [0.1, 0.15) is 36.8 Å². The molecule has 17 heteroatoms. The van der Waals surface area contributed by atoms with Gasteiger partial charge < -0.3 is 30.4 Å². The number of hydrogen-bond acceptors (Lipinski definition) is 10. The molecule has 0 aliphatic carbocycles. The monoisotopic (exact) mass is 763 g/mol. The third kappa shape index (κ3) is 10.1. The van der Waals surface area contributed by atoms with Gasteiger partial charge in [-0.25, -0.2) is 9.59 Å². The first-order valence-corrected chi connectivity index (χ1v) is 17.1. The summed E-state index contributed by atoms with van der Waals surface area (Å²) >= 11 is 6.17. The van der Waals surface area contributed by atoms with Gasteiger partial charge in [0, 0.05) is 33.7 Å². The van der Waals surface area contributed by atoms with Crippen LogP contribution in [0.5, 0.6) is 5.75 Å². The largest absolute Gasteiger partial charge is 0.455 e. The van der Waals surface area contributed by atoms with Gasteiger partial charge >= 0.3 is 23.9 Å². The standard InChI is InChI=1S/C38H34ClN9O7/c1-38(2,3)55-36(52)31-19-23-18-26(14-15-28(23)43-31)41-33(49)30(17-22-9-12-25(13-10-22)42-37(53)54-27-7-5-4-6-8-27)45-35(51)34(50)44-29-20-24(39)11-16-32(29)48-21-40-46-47-48/h4-16,18-21,30,43H,17H2,1-3H3,(H,41,49)(H,42,53)(H,44,50)(H,45,51)/t30-/m0/s1. The molecule has 0 bridgehead atoms. The van der Waals surface area contributed by atoms with E-state index in [0.29, 0.717) is 39.3 Å². The molecule has 2 aromatic heterocycles. The number of amides is 4. The smallest absolute Gasteiger partial charge is 0.417 e. The number of carbonyl (C=O) groups excluding carboxylic acids is 5. The molecule has 0 unspecified atom stereocenters. The van der Waals surface area contributed by atoms with E-state index >= 15 is 0 Å². The lowest BCUT2D eigenvalue weighted by molar-refractivity contribution is -0.137. The summed E-state index contributed by atoms with van der Waals surface area (Å²) < 4.78 is 12.0. The van der Waals surface area contributed by atoms with E-state index < -0.39 is 41.4 Å². The predicted molar refractivity (Wildman–Crippen MR) is 203 cm³/mol. The topological polar surface area (TPSA) is 211 Å². The van der Waals surface area contributed by atoms with Crippen LogP contribution in [0.4, 0.5) is 21.9 Å². The van der Waals surface area contributed by atoms with Crippen molar-refractivity contribution in [3.05, 3.63) is 120 Å². The summed E-state index contributed by atoms with van der Waals surface area (Å²) in [5.41, 5.74) is 2.00. The van der Waals surface area contributed by atoms with Gasteiger partial charge in [0.15, 0.2) is 0 Å². The number of tetrazole rings is 1. The highest BCUT2D eigenvalue weighted by Gasteiger charge is 2.26. The number of H-pyrrole nitrogens is 1. The summed E-state index contributed by atoms with van der Waals surface area (Å²) in [7, 11) is 0. The summed E-state index contributed by atoms with van der Waals surface area (Å²) in [5.74, 6) is -3.02. The number of halogens is 1. The molecule has 1 atom stereocenters. The van der Waals surface area contributed by atoms with Crippen molar-refractivity contribution < 1.29 is 33.4 Å². The lowest BCUT2D eigenvalue weighted by atomic mass is 10.0. The van der Waals surface area contributed by atoms with Crippen molar-refractivity contribution in [2.24, 2.45) is 0 Å². The number of fused-ring (bicyclic) bond motifs is 1. The highest BCUT2D eigenvalue weighted by atomic mass is 35.5. The van der Waals surface area contributed by atoms with Crippen LogP contribution in [0.25, 0.3) is 16.6 Å². The molecule has 0 spiro atoms. The first-order chi connectivity index (χ1) is 26.3. The molecule has 2 heterocycles. The Morgan fingerprint density at radius 1 is 0.836 bits per heavy atom. The average molecular weight is 764 g/mol. The Kier molecular flexibility index (Phi) is 11.2. The Morgan fingerprint density at radius 2 is 1.58 bits per heavy atom. The SMILES string of the molecule is CC(C)(C)OC(=O)c1cc2cc(NC(=O)[C@H](Cc3ccc(NC(=O)Oc4ccccc4)cc3)NC(=O)C(=O)Nc3cc(Cl)ccc3-n3cnnn3)ccc2[nH]1. The van der Waals surface area contributed by atoms with E-state index in [0.717, 1.165) is 0 Å². The second kappa shape index (κ2) is 16.3. The van der Waals surface area contributed by atoms with Gasteiger partial charge in [0.25, 0.3) is 0 Å². The average Bonchev–Trinajstić information content (AvgIpc) is 3.83. The lowest BCUT2D eigenvalue weighted by Crippen LogP contribution is -2.49. The Labute approximate surface area is 318 Å². The molecule has 0 fully saturated rings. The molecule has 4 aromatic carbocycles. The molecule has 6 rings (SSSR count). The van der Waals surface area contributed by atoms with Gasteiger partial charge in [-0.1, -0.05) is 41.9 Å². The Hall–Kier alpha value is -7.07. The van der Waals surface area contributed by atoms with E-state index in [1.54, 1.807) is 112 Å². The van der Waals surface area contributed by atoms with E-state index in [1.165, 1.54) is 17.1 Å². The summed E-state index contributed by atoms with van der Waals surface area (Å²) in [6, 6.07) is 24.9. The van der Waals surface area contributed by atoms with Crippen molar-refractivity contribution in [2.45, 2.75) is 38.8 Å². The maximum Gasteiger partial charge on any atom is 0.417 e. The summed E-state index contributed by atoms with van der Waals surface area (Å²) in [4.78, 5) is 68.4. The van der Waals surface area contributed by atoms with Crippen molar-refractivity contribution in [2.75, 3.05) is 16.0 Å². The molecule has 280 valence electrons. The molecular formula is C38H34ClN9O7. The molecule has 4 amide bonds. The van der Waals surface area contributed by atoms with Crippen LogP contribution in [0, 0.1) is 0 Å². The van der Waals surface area contributed by atoms with Crippen molar-refractivity contribution in [1.82, 2.24) is 30.5 Å². The number of anilines is 3. The summed E-state index contributed by atoms with van der Waals surface area (Å²) in [6.45, 7) is 5.29. The van der Waals surface area contributed by atoms with Crippen molar-refractivity contribution in [3.8, 4) is 11.4 Å². The Morgan fingerprint density at radius 3 is 2.29 bits per heavy atom. The van der Waals surface area contributed by atoms with E-state index in [2.05, 4.69) is 41.8 Å². The minimum absolute atomic E-state index is 0.0537. The zero-order valence-electron chi connectivity index (χ0n) is 29.6. The van der Waals surface area contributed by atoms with Crippen LogP contribution in [0.2, 0.25) is 5.02 Å². The lowest BCUT2D eigenvalue weighted by Gasteiger charge is -2.19. The third-order valence-corrected chi connectivity index (χ3v) is 7.97. The van der Waals surface area contributed by atoms with Crippen LogP contribution >= 0.6 is 11.6 Å². The van der Waals surface area contributed by atoms with Gasteiger partial charge in [-0.15, -0.1) is 5.10 Å². The van der Waals surface area contributed by atoms with Crippen LogP contribution < -0.4 is 26.0 Å². The summed E-state index contributed by atoms with van der Waals surface area (Å²) in [6.07, 6.45) is 0.548. The number of nitrogens with zero attached hydrogens (tertiary/aromatic N) is 4. The van der Waals surface area contributed by atoms with E-state index in [4.69, 9.17) is 21.1 Å². The fourth-order valence-electron chi connectivity index (χ4n) is 5.27. The Balaban J connectivity index is 1.19. The van der Waals surface area contributed by atoms with Gasteiger partial charge in [-0.3, -0.25) is 19.7 Å². The van der Waals surface area contributed by atoms with Gasteiger partial charge in [0.2, 0.25) is 5.91 Å². The second-order valence-electron chi connectivity index (χ2n) is 13.1. The van der Waals surface area contributed by atoms with E-state index in [-0.39, 0.29) is 22.8 Å². The van der Waals surface area contributed by atoms with Gasteiger partial charge in [0.1, 0.15) is 29.4 Å². The molecule has 6 aromatic rings. The first kappa shape index (κ1) is 37.7. The number of esters is 1. The number of ether oxygens (including phenoxy) is 2. The number of benzene rings is 4. The number of rotatable bonds is 10. The van der Waals surface area contributed by atoms with Gasteiger partial charge in [0.05, 0.1) is 11.4 Å². The van der Waals surface area contributed by atoms with E-state index in [1.807, 2.05) is 0 Å². The fourth-order valence-corrected chi connectivity index (χ4v) is 5.45. The zero-order valence-corrected chi connectivity index (χ0v) is 30.4. The van der Waals surface area contributed by atoms with Crippen LogP contribution in [-0.4, -0.2) is 66.6 Å². The molecule has 0 saturated carbocycles. The first-order valence-electron chi connectivity index (χ1n) is 16.7. The molecule has 0 saturated heterocycles. The third-order valence-electron chi connectivity index (χ3n) is 7.73. The van der Waals surface area contributed by atoms with Crippen molar-refractivity contribution in [3.63, 3.8) is 0 Å². The molecule has 0 aliphatic rings. The predicted octanol–water partition coefficient (Wildman–Crippen LogP) is 5.67. The molecular weight excluding hydrogens is 730 g/mol. The summed E-state index contributed by atoms with van der Waals surface area (Å²) in [5, 5.41) is 22.4. The Bertz CT molecular complexity index is 2360. The fraction of sp³-hybridized carbons (Fsp3) is 0.158. The van der Waals surface area contributed by atoms with Gasteiger partial charge in [-0.05, 0) is 103 Å². The highest BCUT2D eigenvalue weighted by Crippen LogP contribution is 2.25. The number of hydrogen-bond donors (Lipinski definition) is 5.